The quantitative estimate of drug-likeness (QED) is 0.422. The summed E-state index contributed by atoms with van der Waals surface area (Å²) in [5.41, 5.74) is 4.13. The number of rotatable bonds is 6. The minimum absolute atomic E-state index is 0.0596. The van der Waals surface area contributed by atoms with Crippen LogP contribution < -0.4 is 10.5 Å². The first-order valence-electron chi connectivity index (χ1n) is 9.16. The maximum atomic E-state index is 13.4. The Hall–Kier alpha value is -2.48. The lowest BCUT2D eigenvalue weighted by Crippen LogP contribution is -2.45. The molecule has 0 aromatic heterocycles. The average molecular weight is 414 g/mol. The molecule has 1 aliphatic heterocycles. The molecule has 1 saturated heterocycles. The largest absolute Gasteiger partial charge is 0.492 e. The van der Waals surface area contributed by atoms with Crippen molar-refractivity contribution in [3.8, 4) is 17.6 Å². The van der Waals surface area contributed by atoms with E-state index in [1.54, 1.807) is 0 Å². The van der Waals surface area contributed by atoms with Crippen LogP contribution in [-0.2, 0) is 6.18 Å². The van der Waals surface area contributed by atoms with Gasteiger partial charge in [0.2, 0.25) is 0 Å². The highest BCUT2D eigenvalue weighted by molar-refractivity contribution is 5.70. The van der Waals surface area contributed by atoms with Gasteiger partial charge in [0, 0.05) is 44.7 Å². The minimum atomic E-state index is -4.57. The van der Waals surface area contributed by atoms with Gasteiger partial charge in [-0.1, -0.05) is 11.8 Å². The number of urea groups is 1. The Balaban J connectivity index is 1.97. The van der Waals surface area contributed by atoms with Crippen molar-refractivity contribution in [1.82, 2.24) is 14.9 Å². The van der Waals surface area contributed by atoms with Gasteiger partial charge in [-0.15, -0.1) is 0 Å². The third-order valence-electron chi connectivity index (χ3n) is 4.48. The molecule has 0 unspecified atom stereocenters. The normalized spacial score (nSPS) is 15.5. The number of hydrogen-bond acceptors (Lipinski definition) is 5. The third kappa shape index (κ3) is 7.45. The molecule has 2 amide bonds. The summed E-state index contributed by atoms with van der Waals surface area (Å²) >= 11 is 0. The summed E-state index contributed by atoms with van der Waals surface area (Å²) in [5, 5.41) is 9.41. The van der Waals surface area contributed by atoms with E-state index in [-0.39, 0.29) is 35.9 Å². The number of primary amides is 1. The van der Waals surface area contributed by atoms with E-state index in [4.69, 9.17) is 15.7 Å². The molecule has 7 nitrogen and oxygen atoms in total. The van der Waals surface area contributed by atoms with Crippen molar-refractivity contribution in [1.29, 1.82) is 0 Å². The van der Waals surface area contributed by atoms with Crippen molar-refractivity contribution in [2.45, 2.75) is 12.6 Å². The summed E-state index contributed by atoms with van der Waals surface area (Å²) in [5.74, 6) is 4.95. The fraction of sp³-hybridized carbons (Fsp3) is 0.526. The first-order valence-corrected chi connectivity index (χ1v) is 9.16. The first-order chi connectivity index (χ1) is 13.7. The van der Waals surface area contributed by atoms with Crippen LogP contribution >= 0.6 is 0 Å². The number of nitrogens with zero attached hydrogens (tertiary/aromatic N) is 3. The number of hydroxylamine groups is 2. The number of nitrogens with two attached hydrogens (primary N) is 1. The Kier molecular flexibility index (Phi) is 8.13. The number of carbonyl (C=O) groups excluding carboxylic acids is 1. The van der Waals surface area contributed by atoms with Crippen LogP contribution in [0.4, 0.5) is 18.0 Å². The first kappa shape index (κ1) is 22.8. The van der Waals surface area contributed by atoms with E-state index in [9.17, 15) is 18.0 Å². The molecule has 1 aromatic rings. The predicted octanol–water partition coefficient (Wildman–Crippen LogP) is 1.84. The van der Waals surface area contributed by atoms with Crippen LogP contribution in [0, 0.1) is 11.8 Å². The van der Waals surface area contributed by atoms with Gasteiger partial charge >= 0.3 is 12.2 Å². The average Bonchev–Trinajstić information content (AvgIpc) is 2.66. The molecule has 2 rings (SSSR count). The van der Waals surface area contributed by atoms with Crippen LogP contribution in [0.5, 0.6) is 5.75 Å². The number of benzene rings is 1. The Morgan fingerprint density at radius 1 is 1.31 bits per heavy atom. The summed E-state index contributed by atoms with van der Waals surface area (Å²) in [6.07, 6.45) is -4.52. The monoisotopic (exact) mass is 414 g/mol. The Morgan fingerprint density at radius 2 is 2.00 bits per heavy atom. The summed E-state index contributed by atoms with van der Waals surface area (Å²) in [6.45, 7) is 4.16. The van der Waals surface area contributed by atoms with Gasteiger partial charge < -0.3 is 15.4 Å². The Labute approximate surface area is 167 Å². The van der Waals surface area contributed by atoms with E-state index >= 15 is 0 Å². The lowest BCUT2D eigenvalue weighted by atomic mass is 10.1. The number of amides is 2. The highest BCUT2D eigenvalue weighted by Gasteiger charge is 2.34. The molecule has 0 saturated carbocycles. The third-order valence-corrected chi connectivity index (χ3v) is 4.48. The van der Waals surface area contributed by atoms with Gasteiger partial charge in [-0.2, -0.15) is 13.2 Å². The molecule has 1 fully saturated rings. The van der Waals surface area contributed by atoms with Crippen molar-refractivity contribution >= 4 is 6.03 Å². The topological polar surface area (TPSA) is 82.3 Å². The van der Waals surface area contributed by atoms with Gasteiger partial charge in [0.1, 0.15) is 12.4 Å². The van der Waals surface area contributed by atoms with E-state index in [1.165, 1.54) is 12.1 Å². The number of hydrogen-bond donors (Lipinski definition) is 2. The van der Waals surface area contributed by atoms with Crippen LogP contribution in [0.3, 0.4) is 0 Å². The zero-order chi connectivity index (χ0) is 21.4. The summed E-state index contributed by atoms with van der Waals surface area (Å²) in [7, 11) is 2.03. The lowest BCUT2D eigenvalue weighted by molar-refractivity contribution is -0.139. The summed E-state index contributed by atoms with van der Waals surface area (Å²) in [4.78, 5) is 15.0. The number of carbonyl (C=O) groups is 1. The van der Waals surface area contributed by atoms with Crippen LogP contribution in [0.2, 0.25) is 0 Å². The van der Waals surface area contributed by atoms with Gasteiger partial charge in [0.25, 0.3) is 0 Å². The van der Waals surface area contributed by atoms with Gasteiger partial charge in [-0.05, 0) is 25.2 Å². The second kappa shape index (κ2) is 10.3. The van der Waals surface area contributed by atoms with Gasteiger partial charge in [0.05, 0.1) is 12.1 Å². The van der Waals surface area contributed by atoms with Crippen molar-refractivity contribution in [3.05, 3.63) is 29.3 Å². The van der Waals surface area contributed by atoms with Crippen LogP contribution in [0.1, 0.15) is 17.5 Å². The molecule has 0 aliphatic carbocycles. The molecular formula is C19H25F3N4O3. The van der Waals surface area contributed by atoms with Crippen LogP contribution in [-0.4, -0.2) is 79.0 Å². The second-order valence-electron chi connectivity index (χ2n) is 6.72. The standard InChI is InChI=1S/C19H25F3N4O3/c1-24-8-10-25(11-9-24)12-13-29-17-6-5-15(14-16(17)19(20,21)22)4-2-3-7-26(28)18(23)27/h5-6,14,28H,3,7-13H2,1H3,(H2,23,27). The molecule has 0 atom stereocenters. The molecule has 0 radical (unpaired) electrons. The fourth-order valence-electron chi connectivity index (χ4n) is 2.75. The molecule has 29 heavy (non-hydrogen) atoms. The summed E-state index contributed by atoms with van der Waals surface area (Å²) < 4.78 is 45.6. The molecule has 0 spiro atoms. The van der Waals surface area contributed by atoms with Gasteiger partial charge in [0.15, 0.2) is 0 Å². The van der Waals surface area contributed by atoms with E-state index < -0.39 is 17.8 Å². The zero-order valence-corrected chi connectivity index (χ0v) is 16.2. The van der Waals surface area contributed by atoms with Crippen molar-refractivity contribution in [2.75, 3.05) is 52.9 Å². The van der Waals surface area contributed by atoms with Crippen molar-refractivity contribution in [2.24, 2.45) is 5.73 Å². The fourth-order valence-corrected chi connectivity index (χ4v) is 2.75. The van der Waals surface area contributed by atoms with E-state index in [2.05, 4.69) is 21.6 Å². The SMILES string of the molecule is CN1CCN(CCOc2ccc(C#CCCN(O)C(N)=O)cc2C(F)(F)F)CC1. The van der Waals surface area contributed by atoms with Crippen LogP contribution in [0.15, 0.2) is 18.2 Å². The van der Waals surface area contributed by atoms with E-state index in [1.807, 2.05) is 7.05 Å². The molecule has 1 aromatic carbocycles. The summed E-state index contributed by atoms with van der Waals surface area (Å²) in [6, 6.07) is 2.61. The minimum Gasteiger partial charge on any atom is -0.492 e. The number of halogens is 3. The molecule has 3 N–H and O–H groups in total. The van der Waals surface area contributed by atoms with E-state index in [0.29, 0.717) is 6.54 Å². The zero-order valence-electron chi connectivity index (χ0n) is 16.2. The Bertz CT molecular complexity index is 753. The molecule has 0 bridgehead atoms. The number of likely N-dealkylation sites (N-methyl/N-ethyl adjacent to an activating group) is 1. The van der Waals surface area contributed by atoms with Gasteiger partial charge in [-0.25, -0.2) is 9.86 Å². The second-order valence-corrected chi connectivity index (χ2v) is 6.72. The highest BCUT2D eigenvalue weighted by Crippen LogP contribution is 2.36. The van der Waals surface area contributed by atoms with Gasteiger partial charge in [-0.3, -0.25) is 10.1 Å². The van der Waals surface area contributed by atoms with Crippen molar-refractivity contribution in [3.63, 3.8) is 0 Å². The lowest BCUT2D eigenvalue weighted by Gasteiger charge is -2.32. The van der Waals surface area contributed by atoms with E-state index in [0.717, 1.165) is 32.2 Å². The number of alkyl halides is 3. The molecule has 1 aliphatic rings. The molecule has 1 heterocycles. The molecular weight excluding hydrogens is 389 g/mol. The maximum absolute atomic E-state index is 13.4. The number of ether oxygens (including phenoxy) is 1. The molecule has 10 heteroatoms. The highest BCUT2D eigenvalue weighted by atomic mass is 19.4. The predicted molar refractivity (Wildman–Crippen MR) is 100 cm³/mol. The smallest absolute Gasteiger partial charge is 0.420 e. The Morgan fingerprint density at radius 3 is 2.62 bits per heavy atom. The number of piperazine rings is 1. The van der Waals surface area contributed by atoms with Crippen LogP contribution in [0.25, 0.3) is 0 Å². The maximum Gasteiger partial charge on any atom is 0.420 e. The van der Waals surface area contributed by atoms with Crippen molar-refractivity contribution < 1.29 is 27.9 Å². The molecule has 160 valence electrons.